The lowest BCUT2D eigenvalue weighted by molar-refractivity contribution is 0.103. The Morgan fingerprint density at radius 3 is 2.23 bits per heavy atom. The molecule has 0 aliphatic heterocycles. The van der Waals surface area contributed by atoms with Crippen molar-refractivity contribution in [3.63, 3.8) is 0 Å². The molecule has 0 fully saturated rings. The molecule has 0 amide bonds. The normalized spacial score (nSPS) is 10.6. The second-order valence-corrected chi connectivity index (χ2v) is 4.72. The van der Waals surface area contributed by atoms with Gasteiger partial charge in [0.2, 0.25) is 5.78 Å². The van der Waals surface area contributed by atoms with Crippen molar-refractivity contribution in [1.82, 2.24) is 4.57 Å². The van der Waals surface area contributed by atoms with Gasteiger partial charge in [0.05, 0.1) is 11.4 Å². The zero-order chi connectivity index (χ0) is 15.7. The van der Waals surface area contributed by atoms with Gasteiger partial charge in [0.15, 0.2) is 17.4 Å². The van der Waals surface area contributed by atoms with Crippen LogP contribution in [0.2, 0.25) is 0 Å². The molecule has 0 radical (unpaired) electrons. The summed E-state index contributed by atoms with van der Waals surface area (Å²) in [5, 5.41) is 9.16. The minimum absolute atomic E-state index is 0.122. The summed E-state index contributed by atoms with van der Waals surface area (Å²) >= 11 is 0. The first kappa shape index (κ1) is 14.0. The molecule has 0 spiro atoms. The van der Waals surface area contributed by atoms with E-state index >= 15 is 0 Å². The Morgan fingerprint density at radius 2 is 1.59 bits per heavy atom. The van der Waals surface area contributed by atoms with Gasteiger partial charge in [0.1, 0.15) is 0 Å². The number of phenols is 1. The maximum absolute atomic E-state index is 13.5. The van der Waals surface area contributed by atoms with Crippen molar-refractivity contribution in [3.8, 4) is 11.4 Å². The van der Waals surface area contributed by atoms with Crippen LogP contribution >= 0.6 is 0 Å². The van der Waals surface area contributed by atoms with E-state index in [2.05, 4.69) is 0 Å². The minimum Gasteiger partial charge on any atom is -0.503 e. The van der Waals surface area contributed by atoms with Gasteiger partial charge >= 0.3 is 0 Å². The van der Waals surface area contributed by atoms with Crippen LogP contribution in [0.3, 0.4) is 0 Å². The number of phenolic OH excluding ortho intramolecular Hbond substituents is 1. The number of ketones is 1. The predicted octanol–water partition coefficient (Wildman–Crippen LogP) is 3.69. The van der Waals surface area contributed by atoms with E-state index in [-0.39, 0.29) is 17.2 Å². The number of halogens is 2. The van der Waals surface area contributed by atoms with E-state index in [9.17, 15) is 13.6 Å². The van der Waals surface area contributed by atoms with Gasteiger partial charge in [-0.05, 0) is 12.1 Å². The van der Waals surface area contributed by atoms with Crippen molar-refractivity contribution in [3.05, 3.63) is 83.7 Å². The summed E-state index contributed by atoms with van der Waals surface area (Å²) in [6.07, 6.45) is 1.53. The highest BCUT2D eigenvalue weighted by Crippen LogP contribution is 2.25. The summed E-state index contributed by atoms with van der Waals surface area (Å²) in [7, 11) is 0. The van der Waals surface area contributed by atoms with Gasteiger partial charge in [-0.3, -0.25) is 4.79 Å². The van der Waals surface area contributed by atoms with Gasteiger partial charge in [-0.15, -0.1) is 0 Å². The number of hydrogen-bond donors (Lipinski definition) is 1. The first-order valence-electron chi connectivity index (χ1n) is 6.53. The second kappa shape index (κ2) is 5.44. The fraction of sp³-hybridized carbons (Fsp3) is 0. The van der Waals surface area contributed by atoms with Gasteiger partial charge < -0.3 is 9.67 Å². The number of carbonyl (C=O) groups is 1. The number of carbonyl (C=O) groups excluding carboxylic acids is 1. The monoisotopic (exact) mass is 299 g/mol. The zero-order valence-electron chi connectivity index (χ0n) is 11.3. The van der Waals surface area contributed by atoms with Crippen molar-refractivity contribution >= 4 is 5.78 Å². The highest BCUT2D eigenvalue weighted by molar-refractivity contribution is 6.08. The highest BCUT2D eigenvalue weighted by atomic mass is 19.1. The van der Waals surface area contributed by atoms with Crippen molar-refractivity contribution < 1.29 is 18.7 Å². The fourth-order valence-corrected chi connectivity index (χ4v) is 2.22. The molecule has 0 atom stereocenters. The van der Waals surface area contributed by atoms with Crippen LogP contribution in [0.15, 0.2) is 60.8 Å². The van der Waals surface area contributed by atoms with Crippen molar-refractivity contribution in [2.45, 2.75) is 0 Å². The lowest BCUT2D eigenvalue weighted by Gasteiger charge is -2.10. The van der Waals surface area contributed by atoms with Crippen LogP contribution < -0.4 is 0 Å². The lowest BCUT2D eigenvalue weighted by Crippen LogP contribution is -2.08. The summed E-state index contributed by atoms with van der Waals surface area (Å²) in [6.45, 7) is 0. The van der Waals surface area contributed by atoms with E-state index < -0.39 is 17.4 Å². The summed E-state index contributed by atoms with van der Waals surface area (Å²) < 4.78 is 28.4. The largest absolute Gasteiger partial charge is 0.503 e. The first-order chi connectivity index (χ1) is 10.6. The van der Waals surface area contributed by atoms with Crippen molar-refractivity contribution in [2.24, 2.45) is 0 Å². The Morgan fingerprint density at radius 1 is 0.955 bits per heavy atom. The molecule has 3 rings (SSSR count). The molecular weight excluding hydrogens is 288 g/mol. The Balaban J connectivity index is 2.08. The van der Waals surface area contributed by atoms with E-state index in [0.717, 1.165) is 12.1 Å². The molecule has 22 heavy (non-hydrogen) atoms. The van der Waals surface area contributed by atoms with Gasteiger partial charge in [-0.1, -0.05) is 30.3 Å². The van der Waals surface area contributed by atoms with E-state index in [4.69, 9.17) is 5.11 Å². The number of aromatic nitrogens is 1. The van der Waals surface area contributed by atoms with Crippen LogP contribution in [0.5, 0.6) is 5.75 Å². The van der Waals surface area contributed by atoms with Crippen LogP contribution in [-0.2, 0) is 0 Å². The molecule has 0 saturated heterocycles. The molecule has 3 nitrogen and oxygen atoms in total. The summed E-state index contributed by atoms with van der Waals surface area (Å²) in [5.41, 5.74) is 0.870. The zero-order valence-corrected chi connectivity index (χ0v) is 11.3. The Kier molecular flexibility index (Phi) is 3.47. The smallest absolute Gasteiger partial charge is 0.209 e. The quantitative estimate of drug-likeness (QED) is 0.749. The molecule has 0 aliphatic carbocycles. The van der Waals surface area contributed by atoms with Crippen LogP contribution in [0.1, 0.15) is 16.1 Å². The van der Waals surface area contributed by atoms with E-state index in [0.29, 0.717) is 5.56 Å². The molecule has 1 N–H and O–H groups in total. The third-order valence-electron chi connectivity index (χ3n) is 3.30. The maximum Gasteiger partial charge on any atom is 0.209 e. The number of rotatable bonds is 3. The SMILES string of the molecule is O=C(c1ccccc1)c1cccn1-c1cc(F)c(O)c(F)c1. The van der Waals surface area contributed by atoms with E-state index in [1.807, 2.05) is 0 Å². The maximum atomic E-state index is 13.5. The topological polar surface area (TPSA) is 42.2 Å². The van der Waals surface area contributed by atoms with Gasteiger partial charge in [0, 0.05) is 23.9 Å². The first-order valence-corrected chi connectivity index (χ1v) is 6.53. The Hall–Kier alpha value is -2.95. The third-order valence-corrected chi connectivity index (χ3v) is 3.30. The van der Waals surface area contributed by atoms with Gasteiger partial charge in [-0.2, -0.15) is 0 Å². The number of nitrogens with zero attached hydrogens (tertiary/aromatic N) is 1. The second-order valence-electron chi connectivity index (χ2n) is 4.72. The average Bonchev–Trinajstić information content (AvgIpc) is 3.01. The molecular formula is C17H11F2NO2. The molecule has 0 aliphatic rings. The lowest BCUT2D eigenvalue weighted by atomic mass is 10.1. The highest BCUT2D eigenvalue weighted by Gasteiger charge is 2.16. The Labute approximate surface area is 125 Å². The van der Waals surface area contributed by atoms with E-state index in [1.54, 1.807) is 42.5 Å². The minimum atomic E-state index is -1.08. The van der Waals surface area contributed by atoms with Crippen LogP contribution in [0.4, 0.5) is 8.78 Å². The Bertz CT molecular complexity index is 818. The van der Waals surface area contributed by atoms with Crippen LogP contribution in [-0.4, -0.2) is 15.5 Å². The summed E-state index contributed by atoms with van der Waals surface area (Å²) in [4.78, 5) is 12.5. The number of aromatic hydroxyl groups is 1. The van der Waals surface area contributed by atoms with Gasteiger partial charge in [0.25, 0.3) is 0 Å². The standard InChI is InChI=1S/C17H11F2NO2/c18-13-9-12(10-14(19)17(13)22)20-8-4-7-15(20)16(21)11-5-2-1-3-6-11/h1-10,22H. The molecule has 0 bridgehead atoms. The fourth-order valence-electron chi connectivity index (χ4n) is 2.22. The van der Waals surface area contributed by atoms with Gasteiger partial charge in [-0.25, -0.2) is 8.78 Å². The molecule has 3 aromatic rings. The van der Waals surface area contributed by atoms with Crippen molar-refractivity contribution in [1.29, 1.82) is 0 Å². The van der Waals surface area contributed by atoms with Crippen LogP contribution in [0, 0.1) is 11.6 Å². The molecule has 0 saturated carbocycles. The molecule has 0 unspecified atom stereocenters. The molecule has 5 heteroatoms. The van der Waals surface area contributed by atoms with Crippen LogP contribution in [0.25, 0.3) is 5.69 Å². The third kappa shape index (κ3) is 2.37. The van der Waals surface area contributed by atoms with E-state index in [1.165, 1.54) is 10.8 Å². The molecule has 1 aromatic heterocycles. The number of hydrogen-bond acceptors (Lipinski definition) is 2. The summed E-state index contributed by atoms with van der Waals surface area (Å²) in [5.74, 6) is -3.46. The molecule has 2 aromatic carbocycles. The average molecular weight is 299 g/mol. The number of benzene rings is 2. The summed E-state index contributed by atoms with van der Waals surface area (Å²) in [6, 6.07) is 13.7. The predicted molar refractivity (Wildman–Crippen MR) is 77.2 cm³/mol. The molecule has 110 valence electrons. The van der Waals surface area contributed by atoms with Crippen molar-refractivity contribution in [2.75, 3.05) is 0 Å². The molecule has 1 heterocycles.